The van der Waals surface area contributed by atoms with Crippen molar-refractivity contribution in [2.24, 2.45) is 0 Å². The van der Waals surface area contributed by atoms with Crippen LogP contribution in [-0.2, 0) is 6.42 Å². The summed E-state index contributed by atoms with van der Waals surface area (Å²) in [6, 6.07) is 18.0. The summed E-state index contributed by atoms with van der Waals surface area (Å²) in [4.78, 5) is 0. The Bertz CT molecular complexity index is 766. The number of methoxy groups -OCH3 is 1. The monoisotopic (exact) mass is 304 g/mol. The lowest BCUT2D eigenvalue weighted by Gasteiger charge is -2.17. The van der Waals surface area contributed by atoms with E-state index in [9.17, 15) is 5.26 Å². The van der Waals surface area contributed by atoms with Gasteiger partial charge in [-0.1, -0.05) is 38.1 Å². The molecule has 2 aromatic rings. The largest absolute Gasteiger partial charge is 0.496 e. The van der Waals surface area contributed by atoms with Crippen molar-refractivity contribution in [1.29, 1.82) is 10.5 Å². The lowest BCUT2D eigenvalue weighted by Crippen LogP contribution is -2.05. The van der Waals surface area contributed by atoms with Crippen molar-refractivity contribution in [2.75, 3.05) is 7.11 Å². The van der Waals surface area contributed by atoms with Crippen LogP contribution in [0.25, 0.3) is 0 Å². The van der Waals surface area contributed by atoms with E-state index < -0.39 is 0 Å². The van der Waals surface area contributed by atoms with Gasteiger partial charge in [-0.05, 0) is 41.7 Å². The van der Waals surface area contributed by atoms with Crippen LogP contribution in [-0.4, -0.2) is 7.11 Å². The van der Waals surface area contributed by atoms with Crippen molar-refractivity contribution in [2.45, 2.75) is 32.1 Å². The first kappa shape index (κ1) is 16.6. The van der Waals surface area contributed by atoms with Gasteiger partial charge >= 0.3 is 0 Å². The van der Waals surface area contributed by atoms with Crippen molar-refractivity contribution in [1.82, 2.24) is 0 Å². The number of ether oxygens (including phenoxy) is 1. The van der Waals surface area contributed by atoms with Crippen LogP contribution in [0.3, 0.4) is 0 Å². The maximum atomic E-state index is 9.65. The summed E-state index contributed by atoms with van der Waals surface area (Å²) in [5.41, 5.74) is 3.69. The molecule has 0 aliphatic heterocycles. The highest BCUT2D eigenvalue weighted by Gasteiger charge is 2.18. The van der Waals surface area contributed by atoms with Crippen molar-refractivity contribution >= 4 is 0 Å². The second-order valence-electron chi connectivity index (χ2n) is 5.85. The molecule has 0 saturated carbocycles. The molecule has 0 bridgehead atoms. The fourth-order valence-electron chi connectivity index (χ4n) is 2.61. The SMILES string of the molecule is COc1ccc(C(C)C)cc1C(C#N)Cc1cccc(C#N)c1. The highest BCUT2D eigenvalue weighted by atomic mass is 16.5. The topological polar surface area (TPSA) is 56.8 Å². The van der Waals surface area contributed by atoms with Crippen LogP contribution in [0.2, 0.25) is 0 Å². The number of benzene rings is 2. The van der Waals surface area contributed by atoms with Crippen molar-refractivity contribution in [3.63, 3.8) is 0 Å². The van der Waals surface area contributed by atoms with E-state index in [1.165, 1.54) is 5.56 Å². The quantitative estimate of drug-likeness (QED) is 0.814. The smallest absolute Gasteiger partial charge is 0.123 e. The summed E-state index contributed by atoms with van der Waals surface area (Å²) in [7, 11) is 1.62. The van der Waals surface area contributed by atoms with Gasteiger partial charge in [0.1, 0.15) is 5.75 Å². The van der Waals surface area contributed by atoms with Gasteiger partial charge < -0.3 is 4.74 Å². The van der Waals surface area contributed by atoms with E-state index >= 15 is 0 Å². The summed E-state index contributed by atoms with van der Waals surface area (Å²) < 4.78 is 5.44. The summed E-state index contributed by atoms with van der Waals surface area (Å²) >= 11 is 0. The third-order valence-electron chi connectivity index (χ3n) is 3.95. The summed E-state index contributed by atoms with van der Waals surface area (Å²) in [6.45, 7) is 4.26. The molecule has 1 atom stereocenters. The van der Waals surface area contributed by atoms with Crippen molar-refractivity contribution in [3.8, 4) is 17.9 Å². The van der Waals surface area contributed by atoms with Crippen molar-refractivity contribution < 1.29 is 4.74 Å². The Labute approximate surface area is 137 Å². The third kappa shape index (κ3) is 3.90. The first-order valence-electron chi connectivity index (χ1n) is 7.65. The lowest BCUT2D eigenvalue weighted by molar-refractivity contribution is 0.407. The molecule has 0 aromatic heterocycles. The van der Waals surface area contributed by atoms with Gasteiger partial charge in [-0.25, -0.2) is 0 Å². The maximum Gasteiger partial charge on any atom is 0.123 e. The second-order valence-corrected chi connectivity index (χ2v) is 5.85. The van der Waals surface area contributed by atoms with Gasteiger partial charge in [-0.15, -0.1) is 0 Å². The molecule has 0 spiro atoms. The molecular formula is C20H20N2O. The molecule has 2 aromatic carbocycles. The average molecular weight is 304 g/mol. The molecule has 3 heteroatoms. The first-order chi connectivity index (χ1) is 11.1. The van der Waals surface area contributed by atoms with Crippen LogP contribution in [0.4, 0.5) is 0 Å². The van der Waals surface area contributed by atoms with E-state index in [1.54, 1.807) is 13.2 Å². The molecule has 3 nitrogen and oxygen atoms in total. The van der Waals surface area contributed by atoms with Crippen molar-refractivity contribution in [3.05, 3.63) is 64.7 Å². The molecular weight excluding hydrogens is 284 g/mol. The molecule has 0 saturated heterocycles. The predicted octanol–water partition coefficient (Wildman–Crippen LogP) is 4.54. The van der Waals surface area contributed by atoms with Gasteiger partial charge in [0.25, 0.3) is 0 Å². The standard InChI is InChI=1S/C20H20N2O/c1-14(2)17-7-8-20(23-3)19(11-17)18(13-22)10-15-5-4-6-16(9-15)12-21/h4-9,11,14,18H,10H2,1-3H3. The normalized spacial score (nSPS) is 11.6. The molecule has 23 heavy (non-hydrogen) atoms. The zero-order valence-corrected chi connectivity index (χ0v) is 13.7. The van der Waals surface area contributed by atoms with Crippen LogP contribution >= 0.6 is 0 Å². The Balaban J connectivity index is 2.39. The highest BCUT2D eigenvalue weighted by Crippen LogP contribution is 2.32. The summed E-state index contributed by atoms with van der Waals surface area (Å²) in [5, 5.41) is 18.7. The molecule has 1 unspecified atom stereocenters. The Morgan fingerprint density at radius 2 is 1.87 bits per heavy atom. The zero-order chi connectivity index (χ0) is 16.8. The third-order valence-corrected chi connectivity index (χ3v) is 3.95. The van der Waals surface area contributed by atoms with E-state index in [-0.39, 0.29) is 5.92 Å². The van der Waals surface area contributed by atoms with Crippen LogP contribution in [0, 0.1) is 22.7 Å². The number of hydrogen-bond acceptors (Lipinski definition) is 3. The highest BCUT2D eigenvalue weighted by molar-refractivity contribution is 5.44. The fourth-order valence-corrected chi connectivity index (χ4v) is 2.61. The van der Waals surface area contributed by atoms with Crippen LogP contribution in [0.15, 0.2) is 42.5 Å². The molecule has 0 fully saturated rings. The summed E-state index contributed by atoms with van der Waals surface area (Å²) in [5.74, 6) is 0.816. The van der Waals surface area contributed by atoms with Crippen LogP contribution in [0.1, 0.15) is 47.9 Å². The number of nitriles is 2. The molecule has 0 aliphatic carbocycles. The Hall–Kier alpha value is -2.78. The zero-order valence-electron chi connectivity index (χ0n) is 13.7. The Kier molecular flexibility index (Phi) is 5.39. The molecule has 116 valence electrons. The minimum atomic E-state index is -0.308. The number of nitrogens with zero attached hydrogens (tertiary/aromatic N) is 2. The van der Waals surface area contributed by atoms with E-state index in [2.05, 4.69) is 32.1 Å². The molecule has 0 radical (unpaired) electrons. The second kappa shape index (κ2) is 7.47. The van der Waals surface area contributed by atoms with Gasteiger partial charge in [-0.2, -0.15) is 10.5 Å². The first-order valence-corrected chi connectivity index (χ1v) is 7.65. The molecule has 0 N–H and O–H groups in total. The Morgan fingerprint density at radius 3 is 2.48 bits per heavy atom. The predicted molar refractivity (Wildman–Crippen MR) is 90.3 cm³/mol. The molecule has 0 aliphatic rings. The molecule has 0 heterocycles. The van der Waals surface area contributed by atoms with E-state index in [1.807, 2.05) is 30.3 Å². The van der Waals surface area contributed by atoms with Crippen LogP contribution in [0.5, 0.6) is 5.75 Å². The lowest BCUT2D eigenvalue weighted by atomic mass is 9.89. The van der Waals surface area contributed by atoms with E-state index in [0.717, 1.165) is 16.9 Å². The van der Waals surface area contributed by atoms with E-state index in [0.29, 0.717) is 17.9 Å². The van der Waals surface area contributed by atoms with Crippen LogP contribution < -0.4 is 4.74 Å². The minimum absolute atomic E-state index is 0.308. The minimum Gasteiger partial charge on any atom is -0.496 e. The van der Waals surface area contributed by atoms with Gasteiger partial charge in [0.2, 0.25) is 0 Å². The molecule has 2 rings (SSSR count). The maximum absolute atomic E-state index is 9.65. The Morgan fingerprint density at radius 1 is 1.09 bits per heavy atom. The van der Waals surface area contributed by atoms with Gasteiger partial charge in [-0.3, -0.25) is 0 Å². The number of rotatable bonds is 5. The average Bonchev–Trinajstić information content (AvgIpc) is 2.59. The van der Waals surface area contributed by atoms with Gasteiger partial charge in [0.05, 0.1) is 30.7 Å². The summed E-state index contributed by atoms with van der Waals surface area (Å²) in [6.07, 6.45) is 0.559. The number of hydrogen-bond donors (Lipinski definition) is 0. The van der Waals surface area contributed by atoms with Gasteiger partial charge in [0, 0.05) is 5.56 Å². The molecule has 0 amide bonds. The van der Waals surface area contributed by atoms with Gasteiger partial charge in [0.15, 0.2) is 0 Å². The van der Waals surface area contributed by atoms with E-state index in [4.69, 9.17) is 10.00 Å². The fraction of sp³-hybridized carbons (Fsp3) is 0.300.